The lowest BCUT2D eigenvalue weighted by molar-refractivity contribution is 0.0523. The maximum Gasteiger partial charge on any atom is 0.407 e. The molecule has 0 radical (unpaired) electrons. The fraction of sp³-hybridized carbons (Fsp3) is 0.429. The second-order valence-corrected chi connectivity index (χ2v) is 9.92. The summed E-state index contributed by atoms with van der Waals surface area (Å²) in [5.74, 6) is 0.864. The molecule has 174 valence electrons. The minimum absolute atomic E-state index is 0.383. The molecule has 4 rings (SSSR count). The number of anilines is 1. The Kier molecular flexibility index (Phi) is 6.87. The van der Waals surface area contributed by atoms with Crippen LogP contribution in [0.4, 0.5) is 10.5 Å². The van der Waals surface area contributed by atoms with Gasteiger partial charge in [0.05, 0.1) is 5.69 Å². The summed E-state index contributed by atoms with van der Waals surface area (Å²) in [4.78, 5) is 19.4. The number of pyridine rings is 1. The number of aromatic nitrogens is 1. The van der Waals surface area contributed by atoms with Crippen LogP contribution in [-0.2, 0) is 11.3 Å². The van der Waals surface area contributed by atoms with Gasteiger partial charge in [-0.3, -0.25) is 4.98 Å². The van der Waals surface area contributed by atoms with Crippen LogP contribution < -0.4 is 10.2 Å². The van der Waals surface area contributed by atoms with Gasteiger partial charge in [0, 0.05) is 42.5 Å². The summed E-state index contributed by atoms with van der Waals surface area (Å²) in [5, 5.41) is 5.18. The number of hydrogen-bond acceptors (Lipinski definition) is 4. The van der Waals surface area contributed by atoms with Crippen LogP contribution in [-0.4, -0.2) is 29.8 Å². The van der Waals surface area contributed by atoms with Gasteiger partial charge in [0.15, 0.2) is 0 Å². The highest BCUT2D eigenvalue weighted by atomic mass is 16.6. The van der Waals surface area contributed by atoms with Crippen LogP contribution in [0.25, 0.3) is 22.0 Å². The number of hydrogen-bond donors (Lipinski definition) is 1. The van der Waals surface area contributed by atoms with E-state index < -0.39 is 11.7 Å². The van der Waals surface area contributed by atoms with Gasteiger partial charge in [0.2, 0.25) is 0 Å². The smallest absolute Gasteiger partial charge is 0.407 e. The third-order valence-corrected chi connectivity index (χ3v) is 6.40. The summed E-state index contributed by atoms with van der Waals surface area (Å²) in [5.41, 5.74) is 3.73. The number of nitrogens with one attached hydrogen (secondary N) is 1. The Morgan fingerprint density at radius 2 is 1.88 bits per heavy atom. The summed E-state index contributed by atoms with van der Waals surface area (Å²) in [7, 11) is 0. The van der Waals surface area contributed by atoms with Crippen LogP contribution in [0.2, 0.25) is 0 Å². The molecule has 0 bridgehead atoms. The molecule has 3 aromatic rings. The minimum Gasteiger partial charge on any atom is -0.444 e. The molecular formula is C28H35N3O2. The van der Waals surface area contributed by atoms with E-state index in [-0.39, 0.29) is 0 Å². The van der Waals surface area contributed by atoms with Crippen molar-refractivity contribution in [3.05, 3.63) is 60.3 Å². The first-order valence-corrected chi connectivity index (χ1v) is 12.0. The van der Waals surface area contributed by atoms with Crippen molar-refractivity contribution in [3.63, 3.8) is 0 Å². The fourth-order valence-corrected chi connectivity index (χ4v) is 4.56. The number of nitrogens with zero attached hydrogens (tertiary/aromatic N) is 2. The van der Waals surface area contributed by atoms with Gasteiger partial charge in [-0.15, -0.1) is 0 Å². The molecule has 5 nitrogen and oxygen atoms in total. The van der Waals surface area contributed by atoms with E-state index in [1.54, 1.807) is 0 Å². The standard InChI is InChI=1S/C28H35N3O2/c1-5-20-13-16-31(17-14-20)23-10-11-25-21(18-23)12-15-29-26(25)24-9-7-6-8-22(24)19-30-27(32)33-28(2,3)4/h6-12,15,18,20H,5,13-14,16-17,19H2,1-4H3,(H,30,32). The highest BCUT2D eigenvalue weighted by molar-refractivity contribution is 5.96. The van der Waals surface area contributed by atoms with Crippen molar-refractivity contribution in [1.82, 2.24) is 10.3 Å². The van der Waals surface area contributed by atoms with E-state index in [0.717, 1.165) is 41.2 Å². The lowest BCUT2D eigenvalue weighted by atomic mass is 9.94. The topological polar surface area (TPSA) is 54.5 Å². The van der Waals surface area contributed by atoms with Gasteiger partial charge in [-0.2, -0.15) is 0 Å². The van der Waals surface area contributed by atoms with Crippen LogP contribution >= 0.6 is 0 Å². The van der Waals surface area contributed by atoms with E-state index in [0.29, 0.717) is 6.54 Å². The number of ether oxygens (including phenoxy) is 1. The highest BCUT2D eigenvalue weighted by Gasteiger charge is 2.19. The van der Waals surface area contributed by atoms with Crippen LogP contribution in [0, 0.1) is 5.92 Å². The maximum atomic E-state index is 12.2. The molecule has 0 saturated carbocycles. The predicted molar refractivity (Wildman–Crippen MR) is 135 cm³/mol. The zero-order valence-corrected chi connectivity index (χ0v) is 20.2. The molecule has 2 aromatic carbocycles. The maximum absolute atomic E-state index is 12.2. The third kappa shape index (κ3) is 5.65. The summed E-state index contributed by atoms with van der Waals surface area (Å²) < 4.78 is 5.39. The highest BCUT2D eigenvalue weighted by Crippen LogP contribution is 2.33. The van der Waals surface area contributed by atoms with Gasteiger partial charge >= 0.3 is 6.09 Å². The fourth-order valence-electron chi connectivity index (χ4n) is 4.56. The second-order valence-electron chi connectivity index (χ2n) is 9.92. The van der Waals surface area contributed by atoms with Crippen molar-refractivity contribution in [2.45, 2.75) is 59.1 Å². The zero-order valence-electron chi connectivity index (χ0n) is 20.2. The largest absolute Gasteiger partial charge is 0.444 e. The second kappa shape index (κ2) is 9.82. The Morgan fingerprint density at radius 3 is 2.61 bits per heavy atom. The Hall–Kier alpha value is -3.08. The molecular weight excluding hydrogens is 410 g/mol. The molecule has 33 heavy (non-hydrogen) atoms. The molecule has 0 spiro atoms. The van der Waals surface area contributed by atoms with Crippen molar-refractivity contribution >= 4 is 22.6 Å². The van der Waals surface area contributed by atoms with Gasteiger partial charge in [-0.1, -0.05) is 43.7 Å². The van der Waals surface area contributed by atoms with Crippen molar-refractivity contribution < 1.29 is 9.53 Å². The summed E-state index contributed by atoms with van der Waals surface area (Å²) in [6, 6.07) is 16.9. The number of alkyl carbamates (subject to hydrolysis) is 1. The number of fused-ring (bicyclic) bond motifs is 1. The Labute approximate surface area is 197 Å². The van der Waals surface area contributed by atoms with Crippen molar-refractivity contribution in [1.29, 1.82) is 0 Å². The molecule has 1 aromatic heterocycles. The van der Waals surface area contributed by atoms with Crippen LogP contribution in [0.5, 0.6) is 0 Å². The monoisotopic (exact) mass is 445 g/mol. The van der Waals surface area contributed by atoms with Crippen LogP contribution in [0.1, 0.15) is 52.5 Å². The van der Waals surface area contributed by atoms with Gasteiger partial charge in [0.1, 0.15) is 5.60 Å². The van der Waals surface area contributed by atoms with Crippen molar-refractivity contribution in [3.8, 4) is 11.3 Å². The van der Waals surface area contributed by atoms with Crippen LogP contribution in [0.3, 0.4) is 0 Å². The first kappa shape index (κ1) is 23.1. The molecule has 1 aliphatic rings. The SMILES string of the molecule is CCC1CCN(c2ccc3c(-c4ccccc4CNC(=O)OC(C)(C)C)nccc3c2)CC1. The lowest BCUT2D eigenvalue weighted by Gasteiger charge is -2.33. The van der Waals surface area contributed by atoms with Gasteiger partial charge in [0.25, 0.3) is 0 Å². The molecule has 1 amide bonds. The number of carbonyl (C=O) groups excluding carboxylic acids is 1. The molecule has 2 heterocycles. The number of benzene rings is 2. The van der Waals surface area contributed by atoms with E-state index in [1.165, 1.54) is 30.3 Å². The van der Waals surface area contributed by atoms with E-state index in [9.17, 15) is 4.79 Å². The molecule has 5 heteroatoms. The molecule has 0 aliphatic carbocycles. The Morgan fingerprint density at radius 1 is 1.12 bits per heavy atom. The Bertz CT molecular complexity index is 1110. The van der Waals surface area contributed by atoms with Gasteiger partial charge in [-0.25, -0.2) is 4.79 Å². The van der Waals surface area contributed by atoms with Gasteiger partial charge in [-0.05, 0) is 68.7 Å². The average molecular weight is 446 g/mol. The summed E-state index contributed by atoms with van der Waals surface area (Å²) in [6.45, 7) is 10.5. The minimum atomic E-state index is -0.524. The van der Waals surface area contributed by atoms with E-state index >= 15 is 0 Å². The molecule has 0 atom stereocenters. The first-order chi connectivity index (χ1) is 15.8. The zero-order chi connectivity index (χ0) is 23.4. The number of rotatable bonds is 5. The first-order valence-electron chi connectivity index (χ1n) is 12.0. The summed E-state index contributed by atoms with van der Waals surface area (Å²) >= 11 is 0. The normalized spacial score (nSPS) is 15.0. The van der Waals surface area contributed by atoms with Gasteiger partial charge < -0.3 is 15.0 Å². The quantitative estimate of drug-likeness (QED) is 0.484. The predicted octanol–water partition coefficient (Wildman–Crippen LogP) is 6.55. The molecule has 1 N–H and O–H groups in total. The average Bonchev–Trinajstić information content (AvgIpc) is 2.81. The summed E-state index contributed by atoms with van der Waals surface area (Å²) in [6.07, 6.45) is 5.29. The van der Waals surface area contributed by atoms with E-state index in [2.05, 4.69) is 47.5 Å². The van der Waals surface area contributed by atoms with Crippen molar-refractivity contribution in [2.75, 3.05) is 18.0 Å². The lowest BCUT2D eigenvalue weighted by Crippen LogP contribution is -2.33. The van der Waals surface area contributed by atoms with Crippen LogP contribution in [0.15, 0.2) is 54.7 Å². The number of piperidine rings is 1. The van der Waals surface area contributed by atoms with E-state index in [4.69, 9.17) is 9.72 Å². The third-order valence-electron chi connectivity index (χ3n) is 6.40. The number of carbonyl (C=O) groups is 1. The molecule has 1 fully saturated rings. The Balaban J connectivity index is 1.58. The number of amides is 1. The van der Waals surface area contributed by atoms with Crippen molar-refractivity contribution in [2.24, 2.45) is 5.92 Å². The molecule has 0 unspecified atom stereocenters. The molecule has 1 saturated heterocycles. The molecule has 1 aliphatic heterocycles. The van der Waals surface area contributed by atoms with E-state index in [1.807, 2.05) is 45.2 Å².